The predicted octanol–water partition coefficient (Wildman–Crippen LogP) is 4.57. The maximum Gasteiger partial charge on any atom is 0.312 e. The first-order chi connectivity index (χ1) is 12.9. The van der Waals surface area contributed by atoms with Gasteiger partial charge in [-0.3, -0.25) is 9.59 Å². The highest BCUT2D eigenvalue weighted by Gasteiger charge is 2.28. The van der Waals surface area contributed by atoms with E-state index >= 15 is 0 Å². The summed E-state index contributed by atoms with van der Waals surface area (Å²) in [5.74, 6) is -1.81. The summed E-state index contributed by atoms with van der Waals surface area (Å²) in [6.45, 7) is 7.73. The van der Waals surface area contributed by atoms with Crippen LogP contribution in [0, 0.1) is 13.8 Å². The van der Waals surface area contributed by atoms with E-state index < -0.39 is 11.9 Å². The van der Waals surface area contributed by atoms with Crippen molar-refractivity contribution in [3.8, 4) is 11.1 Å². The summed E-state index contributed by atoms with van der Waals surface area (Å²) in [4.78, 5) is 25.0. The number of carboxylic acid groups (broad SMARTS) is 1. The van der Waals surface area contributed by atoms with Gasteiger partial charge >= 0.3 is 5.97 Å². The molecule has 0 bridgehead atoms. The number of allylic oxidation sites excluding steroid dienone is 1. The Hall–Kier alpha value is -3.14. The maximum absolute atomic E-state index is 12.9. The first-order valence-electron chi connectivity index (χ1n) is 8.89. The molecule has 3 aromatic rings. The minimum Gasteiger partial charge on any atom is -0.481 e. The normalized spacial score (nSPS) is 12.1. The fraction of sp³-hybridized carbons (Fsp3) is 0.217. The van der Waals surface area contributed by atoms with Crippen LogP contribution in [0.3, 0.4) is 0 Å². The number of rotatable bonds is 5. The van der Waals surface area contributed by atoms with Gasteiger partial charge in [-0.25, -0.2) is 0 Å². The Morgan fingerprint density at radius 2 is 1.85 bits per heavy atom. The molecule has 1 heterocycles. The molecule has 0 saturated carbocycles. The van der Waals surface area contributed by atoms with E-state index in [2.05, 4.69) is 12.6 Å². The van der Waals surface area contributed by atoms with Crippen LogP contribution in [0.2, 0.25) is 0 Å². The third-order valence-corrected chi connectivity index (χ3v) is 5.03. The number of aromatic nitrogens is 1. The number of benzene rings is 2. The summed E-state index contributed by atoms with van der Waals surface area (Å²) in [6, 6.07) is 13.5. The molecule has 138 valence electrons. The van der Waals surface area contributed by atoms with Gasteiger partial charge < -0.3 is 9.67 Å². The number of fused-ring (bicyclic) bond motifs is 1. The highest BCUT2D eigenvalue weighted by atomic mass is 16.4. The number of carboxylic acids is 1. The molecule has 0 fully saturated rings. The number of carbonyl (C=O) groups is 1. The second kappa shape index (κ2) is 7.23. The van der Waals surface area contributed by atoms with Crippen molar-refractivity contribution in [2.45, 2.75) is 26.2 Å². The summed E-state index contributed by atoms with van der Waals surface area (Å²) in [5.41, 5.74) is 4.25. The Morgan fingerprint density at radius 3 is 2.44 bits per heavy atom. The molecule has 1 N–H and O–H groups in total. The molecule has 0 aliphatic carbocycles. The van der Waals surface area contributed by atoms with E-state index in [1.54, 1.807) is 19.2 Å². The Bertz CT molecular complexity index is 1110. The van der Waals surface area contributed by atoms with Crippen molar-refractivity contribution in [2.75, 3.05) is 0 Å². The van der Waals surface area contributed by atoms with E-state index in [0.717, 1.165) is 27.6 Å². The zero-order valence-corrected chi connectivity index (χ0v) is 15.8. The molecule has 1 unspecified atom stereocenters. The molecule has 2 aromatic carbocycles. The highest BCUT2D eigenvalue weighted by Crippen LogP contribution is 2.37. The van der Waals surface area contributed by atoms with Gasteiger partial charge in [-0.15, -0.1) is 6.58 Å². The van der Waals surface area contributed by atoms with Gasteiger partial charge in [0.05, 0.1) is 0 Å². The van der Waals surface area contributed by atoms with Crippen LogP contribution in [0.25, 0.3) is 21.9 Å². The summed E-state index contributed by atoms with van der Waals surface area (Å²) < 4.78 is 1.49. The van der Waals surface area contributed by atoms with Crippen molar-refractivity contribution in [3.05, 3.63) is 82.3 Å². The van der Waals surface area contributed by atoms with E-state index in [0.29, 0.717) is 11.1 Å². The first kappa shape index (κ1) is 18.6. The van der Waals surface area contributed by atoms with Gasteiger partial charge in [-0.1, -0.05) is 48.0 Å². The van der Waals surface area contributed by atoms with Gasteiger partial charge in [-0.05, 0) is 42.8 Å². The van der Waals surface area contributed by atoms with E-state index in [1.165, 1.54) is 4.57 Å². The van der Waals surface area contributed by atoms with Crippen LogP contribution in [0.4, 0.5) is 0 Å². The third kappa shape index (κ3) is 3.19. The lowest BCUT2D eigenvalue weighted by Crippen LogP contribution is -2.27. The Kier molecular flexibility index (Phi) is 5.00. The largest absolute Gasteiger partial charge is 0.481 e. The topological polar surface area (TPSA) is 59.3 Å². The van der Waals surface area contributed by atoms with Gasteiger partial charge in [-0.2, -0.15) is 0 Å². The summed E-state index contributed by atoms with van der Waals surface area (Å²) in [6.07, 6.45) is 1.84. The average Bonchev–Trinajstić information content (AvgIpc) is 2.63. The van der Waals surface area contributed by atoms with Crippen LogP contribution >= 0.6 is 0 Å². The molecular formula is C23H23NO3. The summed E-state index contributed by atoms with van der Waals surface area (Å²) in [5, 5.41) is 11.2. The summed E-state index contributed by atoms with van der Waals surface area (Å²) in [7, 11) is 1.65. The molecule has 0 radical (unpaired) electrons. The lowest BCUT2D eigenvalue weighted by atomic mass is 9.87. The van der Waals surface area contributed by atoms with Crippen molar-refractivity contribution in [1.29, 1.82) is 0 Å². The molecule has 0 aliphatic rings. The van der Waals surface area contributed by atoms with Crippen molar-refractivity contribution >= 4 is 16.7 Å². The molecular weight excluding hydrogens is 338 g/mol. The summed E-state index contributed by atoms with van der Waals surface area (Å²) >= 11 is 0. The molecule has 3 rings (SSSR count). The van der Waals surface area contributed by atoms with Gasteiger partial charge in [0.2, 0.25) is 0 Å². The van der Waals surface area contributed by atoms with Crippen LogP contribution in [0.15, 0.2) is 59.9 Å². The molecule has 0 spiro atoms. The fourth-order valence-corrected chi connectivity index (χ4v) is 3.76. The quantitative estimate of drug-likeness (QED) is 0.678. The average molecular weight is 361 g/mol. The van der Waals surface area contributed by atoms with E-state index in [1.807, 2.05) is 44.2 Å². The van der Waals surface area contributed by atoms with E-state index in [4.69, 9.17) is 0 Å². The minimum absolute atomic E-state index is 0.190. The molecule has 0 amide bonds. The van der Waals surface area contributed by atoms with Gasteiger partial charge in [0, 0.05) is 23.7 Å². The lowest BCUT2D eigenvalue weighted by Gasteiger charge is -2.23. The van der Waals surface area contributed by atoms with Crippen molar-refractivity contribution < 1.29 is 9.90 Å². The lowest BCUT2D eigenvalue weighted by molar-refractivity contribution is -0.138. The second-order valence-corrected chi connectivity index (χ2v) is 6.90. The Labute approximate surface area is 158 Å². The van der Waals surface area contributed by atoms with Crippen molar-refractivity contribution in [2.24, 2.45) is 7.05 Å². The molecule has 0 saturated heterocycles. The van der Waals surface area contributed by atoms with Crippen LogP contribution in [0.1, 0.15) is 29.2 Å². The molecule has 4 nitrogen and oxygen atoms in total. The molecule has 0 aliphatic heterocycles. The molecule has 27 heavy (non-hydrogen) atoms. The smallest absolute Gasteiger partial charge is 0.312 e. The first-order valence-corrected chi connectivity index (χ1v) is 8.89. The molecule has 4 heteroatoms. The number of nitrogens with zero attached hydrogens (tertiary/aromatic N) is 1. The zero-order valence-electron chi connectivity index (χ0n) is 15.8. The number of pyridine rings is 1. The van der Waals surface area contributed by atoms with Crippen LogP contribution in [-0.4, -0.2) is 15.6 Å². The SMILES string of the molecule is C=CCC(C(=O)O)c1c(-c2ccc(C)cc2C)c2ccccc2c(=O)n1C. The minimum atomic E-state index is -0.966. The number of aryl methyl sites for hydroxylation is 2. The Balaban J connectivity index is 2.54. The van der Waals surface area contributed by atoms with Gasteiger partial charge in [0.25, 0.3) is 5.56 Å². The van der Waals surface area contributed by atoms with Crippen molar-refractivity contribution in [3.63, 3.8) is 0 Å². The van der Waals surface area contributed by atoms with Crippen LogP contribution in [-0.2, 0) is 11.8 Å². The van der Waals surface area contributed by atoms with Gasteiger partial charge in [0.1, 0.15) is 5.92 Å². The molecule has 1 atom stereocenters. The van der Waals surface area contributed by atoms with Gasteiger partial charge in [0.15, 0.2) is 0 Å². The zero-order chi connectivity index (χ0) is 19.7. The molecule has 1 aromatic heterocycles. The number of hydrogen-bond donors (Lipinski definition) is 1. The monoisotopic (exact) mass is 361 g/mol. The predicted molar refractivity (Wildman–Crippen MR) is 109 cm³/mol. The number of aliphatic carboxylic acids is 1. The van der Waals surface area contributed by atoms with E-state index in [9.17, 15) is 14.7 Å². The standard InChI is InChI=1S/C23H23NO3/c1-5-8-19(23(26)27)21-20(16-12-11-14(2)13-15(16)3)17-9-6-7-10-18(17)22(25)24(21)4/h5-7,9-13,19H,1,8H2,2-4H3,(H,26,27). The van der Waals surface area contributed by atoms with Crippen LogP contribution < -0.4 is 5.56 Å². The van der Waals surface area contributed by atoms with Crippen molar-refractivity contribution in [1.82, 2.24) is 4.57 Å². The Morgan fingerprint density at radius 1 is 1.19 bits per heavy atom. The number of hydrogen-bond acceptors (Lipinski definition) is 2. The third-order valence-electron chi connectivity index (χ3n) is 5.03. The van der Waals surface area contributed by atoms with Crippen LogP contribution in [0.5, 0.6) is 0 Å². The fourth-order valence-electron chi connectivity index (χ4n) is 3.76. The second-order valence-electron chi connectivity index (χ2n) is 6.90. The maximum atomic E-state index is 12.9. The highest BCUT2D eigenvalue weighted by molar-refractivity contribution is 5.99. The van der Waals surface area contributed by atoms with E-state index in [-0.39, 0.29) is 12.0 Å².